The van der Waals surface area contributed by atoms with Crippen LogP contribution in [0.3, 0.4) is 0 Å². The molecule has 0 fully saturated rings. The molecule has 3 aromatic carbocycles. The summed E-state index contributed by atoms with van der Waals surface area (Å²) in [6.45, 7) is 4.29. The van der Waals surface area contributed by atoms with Crippen LogP contribution >= 0.6 is 0 Å². The van der Waals surface area contributed by atoms with Crippen LogP contribution in [0.1, 0.15) is 30.4 Å². The first kappa shape index (κ1) is 20.2. The van der Waals surface area contributed by atoms with E-state index in [9.17, 15) is 9.90 Å². The molecule has 0 spiro atoms. The number of carboxylic acid groups (broad SMARTS) is 1. The number of aromatic carboxylic acids is 1. The Morgan fingerprint density at radius 3 is 2.41 bits per heavy atom. The van der Waals surface area contributed by atoms with Crippen molar-refractivity contribution in [3.63, 3.8) is 0 Å². The lowest BCUT2D eigenvalue weighted by molar-refractivity contribution is 0.0690. The average molecular weight is 447 g/mol. The van der Waals surface area contributed by atoms with Crippen LogP contribution in [0.5, 0.6) is 0 Å². The monoisotopic (exact) mass is 446 g/mol. The number of H-pyrrole nitrogens is 1. The zero-order valence-corrected chi connectivity index (χ0v) is 18.8. The summed E-state index contributed by atoms with van der Waals surface area (Å²) in [6.07, 6.45) is 0. The van der Waals surface area contributed by atoms with Crippen LogP contribution in [-0.2, 0) is 0 Å². The summed E-state index contributed by atoms with van der Waals surface area (Å²) >= 11 is 0. The number of para-hydroxylation sites is 3. The molecule has 0 aliphatic carbocycles. The molecule has 6 nitrogen and oxygen atoms in total. The second-order valence-electron chi connectivity index (χ2n) is 8.68. The molecule has 3 aromatic heterocycles. The van der Waals surface area contributed by atoms with Gasteiger partial charge in [-0.1, -0.05) is 48.5 Å². The van der Waals surface area contributed by atoms with Gasteiger partial charge in [0.05, 0.1) is 22.2 Å². The minimum absolute atomic E-state index is 0.0147. The topological polar surface area (TPSA) is 83.8 Å². The van der Waals surface area contributed by atoms with Crippen LogP contribution in [0.25, 0.3) is 55.5 Å². The second kappa shape index (κ2) is 7.56. The van der Waals surface area contributed by atoms with Crippen molar-refractivity contribution in [1.29, 1.82) is 0 Å². The minimum Gasteiger partial charge on any atom is -0.477 e. The fourth-order valence-corrected chi connectivity index (χ4v) is 4.80. The Hall–Kier alpha value is -4.45. The summed E-state index contributed by atoms with van der Waals surface area (Å²) in [5.74, 6) is -0.183. The van der Waals surface area contributed by atoms with Crippen molar-refractivity contribution < 1.29 is 9.90 Å². The molecule has 0 aliphatic rings. The maximum Gasteiger partial charge on any atom is 0.354 e. The van der Waals surface area contributed by atoms with Gasteiger partial charge in [-0.15, -0.1) is 0 Å². The molecule has 6 rings (SSSR count). The predicted octanol–water partition coefficient (Wildman–Crippen LogP) is 6.68. The van der Waals surface area contributed by atoms with Gasteiger partial charge in [0.25, 0.3) is 0 Å². The van der Waals surface area contributed by atoms with E-state index in [1.54, 1.807) is 6.07 Å². The lowest BCUT2D eigenvalue weighted by Gasteiger charge is -2.14. The number of nitrogens with zero attached hydrogens (tertiary/aromatic N) is 3. The van der Waals surface area contributed by atoms with Gasteiger partial charge in [-0.2, -0.15) is 0 Å². The van der Waals surface area contributed by atoms with E-state index in [4.69, 9.17) is 4.98 Å². The highest BCUT2D eigenvalue weighted by Crippen LogP contribution is 2.37. The summed E-state index contributed by atoms with van der Waals surface area (Å²) in [5, 5.41) is 11.8. The zero-order chi connectivity index (χ0) is 23.4. The van der Waals surface area contributed by atoms with Crippen LogP contribution in [0, 0.1) is 0 Å². The smallest absolute Gasteiger partial charge is 0.354 e. The lowest BCUT2D eigenvalue weighted by atomic mass is 10.1. The third-order valence-corrected chi connectivity index (χ3v) is 6.26. The number of aromatic nitrogens is 4. The summed E-state index contributed by atoms with van der Waals surface area (Å²) in [7, 11) is 0. The number of rotatable bonds is 4. The molecule has 6 heteroatoms. The van der Waals surface area contributed by atoms with Gasteiger partial charge in [-0.05, 0) is 44.2 Å². The Balaban J connectivity index is 1.66. The first-order valence-electron chi connectivity index (χ1n) is 11.2. The van der Waals surface area contributed by atoms with Crippen molar-refractivity contribution in [3.05, 3.63) is 84.6 Å². The van der Waals surface area contributed by atoms with E-state index in [1.165, 1.54) is 11.5 Å². The quantitative estimate of drug-likeness (QED) is 0.316. The van der Waals surface area contributed by atoms with E-state index >= 15 is 0 Å². The number of fused-ring (bicyclic) bond motifs is 4. The second-order valence-corrected chi connectivity index (χ2v) is 8.68. The summed E-state index contributed by atoms with van der Waals surface area (Å²) < 4.78 is 2.24. The number of aromatic amines is 1. The minimum atomic E-state index is -1.05. The number of carbonyl (C=O) groups is 1. The predicted molar refractivity (Wildman–Crippen MR) is 135 cm³/mol. The van der Waals surface area contributed by atoms with E-state index in [0.717, 1.165) is 44.4 Å². The maximum atomic E-state index is 11.5. The average Bonchev–Trinajstić information content (AvgIpc) is 3.42. The number of hydrogen-bond acceptors (Lipinski definition) is 3. The maximum absolute atomic E-state index is 11.5. The number of hydrogen-bond donors (Lipinski definition) is 2. The fraction of sp³-hybridized carbons (Fsp3) is 0.107. The van der Waals surface area contributed by atoms with Gasteiger partial charge < -0.3 is 14.7 Å². The van der Waals surface area contributed by atoms with Crippen LogP contribution in [0.2, 0.25) is 0 Å². The molecule has 0 aliphatic heterocycles. The van der Waals surface area contributed by atoms with Crippen molar-refractivity contribution in [2.75, 3.05) is 0 Å². The Bertz CT molecular complexity index is 1730. The summed E-state index contributed by atoms with van der Waals surface area (Å²) in [5.41, 5.74) is 6.37. The van der Waals surface area contributed by atoms with Gasteiger partial charge in [-0.3, -0.25) is 0 Å². The number of carboxylic acids is 1. The fourth-order valence-electron chi connectivity index (χ4n) is 4.80. The van der Waals surface area contributed by atoms with E-state index < -0.39 is 5.97 Å². The molecule has 0 unspecified atom stereocenters. The lowest BCUT2D eigenvalue weighted by Crippen LogP contribution is -2.03. The van der Waals surface area contributed by atoms with Crippen LogP contribution in [0.4, 0.5) is 0 Å². The first-order valence-corrected chi connectivity index (χ1v) is 11.2. The van der Waals surface area contributed by atoms with Crippen molar-refractivity contribution in [2.24, 2.45) is 0 Å². The van der Waals surface area contributed by atoms with Crippen LogP contribution < -0.4 is 0 Å². The molecule has 0 bridgehead atoms. The normalized spacial score (nSPS) is 11.7. The number of imidazole rings is 1. The summed E-state index contributed by atoms with van der Waals surface area (Å²) in [6, 6.07) is 25.8. The van der Waals surface area contributed by atoms with Crippen molar-refractivity contribution in [1.82, 2.24) is 19.5 Å². The highest BCUT2D eigenvalue weighted by atomic mass is 16.4. The van der Waals surface area contributed by atoms with Gasteiger partial charge in [-0.25, -0.2) is 14.8 Å². The van der Waals surface area contributed by atoms with Gasteiger partial charge in [0.15, 0.2) is 0 Å². The van der Waals surface area contributed by atoms with E-state index in [2.05, 4.69) is 70.8 Å². The molecule has 6 aromatic rings. The Morgan fingerprint density at radius 2 is 1.59 bits per heavy atom. The van der Waals surface area contributed by atoms with Gasteiger partial charge in [0.1, 0.15) is 11.5 Å². The van der Waals surface area contributed by atoms with Gasteiger partial charge in [0.2, 0.25) is 0 Å². The third-order valence-electron chi connectivity index (χ3n) is 6.26. The van der Waals surface area contributed by atoms with Crippen molar-refractivity contribution >= 4 is 38.8 Å². The molecular formula is C28H22N4O2. The Labute approximate surface area is 195 Å². The zero-order valence-electron chi connectivity index (χ0n) is 18.8. The Kier molecular flexibility index (Phi) is 4.48. The standard InChI is InChI=1S/C28H22N4O2/c1-16(2)32-24-15-6-10-19(22-13-7-14-23(29-22)28(33)34)26(24)31-27(32)20-11-5-9-18-17-8-3-4-12-21(17)30-25(18)20/h3-16,30H,1-2H3,(H,33,34). The molecular weight excluding hydrogens is 424 g/mol. The molecule has 0 radical (unpaired) electrons. The third kappa shape index (κ3) is 2.99. The van der Waals surface area contributed by atoms with Crippen LogP contribution in [0.15, 0.2) is 78.9 Å². The number of pyridine rings is 1. The molecule has 166 valence electrons. The molecule has 0 atom stereocenters. The SMILES string of the molecule is CC(C)n1c(-c2cccc3c2[nH]c2ccccc23)nc2c(-c3cccc(C(=O)O)n3)cccc21. The highest BCUT2D eigenvalue weighted by Gasteiger charge is 2.21. The van der Waals surface area contributed by atoms with E-state index in [1.807, 2.05) is 24.3 Å². The van der Waals surface area contributed by atoms with Gasteiger partial charge >= 0.3 is 5.97 Å². The van der Waals surface area contributed by atoms with Gasteiger partial charge in [0, 0.05) is 33.5 Å². The van der Waals surface area contributed by atoms with Crippen LogP contribution in [-0.4, -0.2) is 30.6 Å². The highest BCUT2D eigenvalue weighted by molar-refractivity contribution is 6.11. The molecule has 34 heavy (non-hydrogen) atoms. The van der Waals surface area contributed by atoms with E-state index in [0.29, 0.717) is 5.69 Å². The molecule has 0 saturated heterocycles. The number of benzene rings is 3. The van der Waals surface area contributed by atoms with Crippen molar-refractivity contribution in [2.45, 2.75) is 19.9 Å². The number of nitrogens with one attached hydrogen (secondary N) is 1. The van der Waals surface area contributed by atoms with E-state index in [-0.39, 0.29) is 11.7 Å². The Morgan fingerprint density at radius 1 is 0.853 bits per heavy atom. The first-order chi connectivity index (χ1) is 16.5. The van der Waals surface area contributed by atoms with Crippen molar-refractivity contribution in [3.8, 4) is 22.6 Å². The summed E-state index contributed by atoms with van der Waals surface area (Å²) in [4.78, 5) is 24.6. The molecule has 2 N–H and O–H groups in total. The molecule has 0 saturated carbocycles. The molecule has 0 amide bonds. The molecule has 3 heterocycles. The largest absolute Gasteiger partial charge is 0.477 e.